The van der Waals surface area contributed by atoms with Crippen molar-refractivity contribution in [2.75, 3.05) is 12.0 Å². The molecule has 280 valence electrons. The Labute approximate surface area is 313 Å². The molecule has 0 saturated heterocycles. The van der Waals surface area contributed by atoms with Gasteiger partial charge in [-0.05, 0) is 67.3 Å². The molecule has 0 aliphatic carbocycles. The monoisotopic (exact) mass is 751 g/mol. The number of phenolic OH excluding ortho intramolecular Hbond substituents is 1. The van der Waals surface area contributed by atoms with Gasteiger partial charge in [0, 0.05) is 30.7 Å². The zero-order chi connectivity index (χ0) is 38.7. The van der Waals surface area contributed by atoms with Crippen LogP contribution in [-0.2, 0) is 30.8 Å². The fourth-order valence-electron chi connectivity index (χ4n) is 5.31. The van der Waals surface area contributed by atoms with E-state index in [1.165, 1.54) is 50.2 Å². The first kappa shape index (κ1) is 38.9. The highest BCUT2D eigenvalue weighted by atomic mass is 32.2. The van der Waals surface area contributed by atoms with Crippen LogP contribution in [0, 0.1) is 0 Å². The number of nitrogens with two attached hydrogens (primary N) is 1. The molecule has 54 heavy (non-hydrogen) atoms. The normalized spacial score (nSPS) is 11.9. The van der Waals surface area contributed by atoms with Gasteiger partial charge >= 0.3 is 0 Å². The number of hydrogen-bond donors (Lipinski definition) is 6. The summed E-state index contributed by atoms with van der Waals surface area (Å²) in [6, 6.07) is 30.4. The molecular formula is C39H41N7O7S. The lowest BCUT2D eigenvalue weighted by Gasteiger charge is -2.28. The molecule has 15 heteroatoms. The number of ether oxygens (including phenoxy) is 1. The highest BCUT2D eigenvalue weighted by Gasteiger charge is 2.34. The Bertz CT molecular complexity index is 2110. The number of pyridine rings is 2. The van der Waals surface area contributed by atoms with Crippen LogP contribution in [0.4, 0.5) is 5.82 Å². The number of anilines is 1. The number of hydrazine groups is 1. The van der Waals surface area contributed by atoms with Gasteiger partial charge in [-0.15, -0.1) is 0 Å². The van der Waals surface area contributed by atoms with Gasteiger partial charge in [-0.25, -0.2) is 29.0 Å². The largest absolute Gasteiger partial charge is 0.508 e. The first-order valence-corrected chi connectivity index (χ1v) is 18.5. The van der Waals surface area contributed by atoms with Gasteiger partial charge in [-0.3, -0.25) is 14.4 Å². The summed E-state index contributed by atoms with van der Waals surface area (Å²) < 4.78 is 34.0. The third kappa shape index (κ3) is 10.6. The van der Waals surface area contributed by atoms with E-state index in [2.05, 4.69) is 26.0 Å². The number of rotatable bonds is 16. The Morgan fingerprint density at radius 3 is 2.17 bits per heavy atom. The summed E-state index contributed by atoms with van der Waals surface area (Å²) in [6.07, 6.45) is 1.21. The van der Waals surface area contributed by atoms with E-state index in [0.717, 1.165) is 28.6 Å². The van der Waals surface area contributed by atoms with Crippen LogP contribution in [0.25, 0.3) is 22.4 Å². The van der Waals surface area contributed by atoms with E-state index in [1.807, 2.05) is 77.5 Å². The van der Waals surface area contributed by atoms with Crippen molar-refractivity contribution in [3.63, 3.8) is 0 Å². The van der Waals surface area contributed by atoms with E-state index in [1.54, 1.807) is 0 Å². The molecule has 1 atom stereocenters. The number of carbonyl (C=O) groups is 3. The highest BCUT2D eigenvalue weighted by molar-refractivity contribution is 7.90. The molecule has 0 saturated carbocycles. The maximum Gasteiger partial charge on any atom is 0.265 e. The molecule has 0 aliphatic heterocycles. The number of nitrogen functional groups attached to an aromatic ring is 1. The second-order valence-corrected chi connectivity index (χ2v) is 14.5. The number of sulfonamides is 1. The van der Waals surface area contributed by atoms with Crippen LogP contribution in [0.3, 0.4) is 0 Å². The van der Waals surface area contributed by atoms with Crippen molar-refractivity contribution in [3.8, 4) is 34.0 Å². The lowest BCUT2D eigenvalue weighted by atomic mass is 10.0. The van der Waals surface area contributed by atoms with Gasteiger partial charge in [0.1, 0.15) is 28.0 Å². The number of hydrogen-bond acceptors (Lipinski definition) is 11. The number of nitrogens with zero attached hydrogens (tertiary/aromatic N) is 2. The predicted molar refractivity (Wildman–Crippen MR) is 203 cm³/mol. The first-order valence-electron chi connectivity index (χ1n) is 17.0. The summed E-state index contributed by atoms with van der Waals surface area (Å²) in [7, 11) is -4.39. The third-order valence-electron chi connectivity index (χ3n) is 8.22. The second-order valence-electron chi connectivity index (χ2n) is 12.8. The number of nitrogens with one attached hydrogen (secondary N) is 4. The van der Waals surface area contributed by atoms with Gasteiger partial charge in [-0.2, -0.15) is 0 Å². The summed E-state index contributed by atoms with van der Waals surface area (Å²) in [5.74, 6) is 3.67. The standard InChI is InChI=1S/C39H41N7O7S/c1-39(2,38(50)43-33(22-26-15-17-30(47)18-16-26)37(49)46-54(51,52)31-19-20-34(45-40)41-25-31)44-35(48)14-9-21-53-36-24-29(27-10-5-3-6-11-27)23-32(42-36)28-12-7-4-8-13-28/h3-8,10-13,15-20,23-25,33,47H,9,14,21-22,40H2,1-2H3,(H,41,45)(H,43,50)(H,44,48)(H,46,49)/t33-/m0/s1. The molecule has 2 aromatic heterocycles. The van der Waals surface area contributed by atoms with E-state index in [-0.39, 0.29) is 35.9 Å². The Morgan fingerprint density at radius 1 is 0.870 bits per heavy atom. The molecule has 0 unspecified atom stereocenters. The van der Waals surface area contributed by atoms with Gasteiger partial charge in [-0.1, -0.05) is 72.8 Å². The smallest absolute Gasteiger partial charge is 0.265 e. The van der Waals surface area contributed by atoms with Gasteiger partial charge in [0.15, 0.2) is 0 Å². The Hall–Kier alpha value is -6.32. The number of carbonyl (C=O) groups excluding carboxylic acids is 3. The number of benzene rings is 3. The number of amides is 3. The minimum Gasteiger partial charge on any atom is -0.508 e. The lowest BCUT2D eigenvalue weighted by molar-refractivity contribution is -0.134. The SMILES string of the molecule is CC(C)(NC(=O)CCCOc1cc(-c2ccccc2)cc(-c2ccccc2)n1)C(=O)N[C@@H](Cc1ccc(O)cc1)C(=O)NS(=O)(=O)c1ccc(NN)nc1. The average Bonchev–Trinajstić information content (AvgIpc) is 3.17. The minimum atomic E-state index is -4.39. The van der Waals surface area contributed by atoms with Crippen LogP contribution in [0.2, 0.25) is 0 Å². The van der Waals surface area contributed by atoms with Crippen molar-refractivity contribution in [2.45, 2.75) is 49.6 Å². The lowest BCUT2D eigenvalue weighted by Crippen LogP contribution is -2.59. The van der Waals surface area contributed by atoms with Gasteiger partial charge in [0.25, 0.3) is 15.9 Å². The number of aromatic nitrogens is 2. The van der Waals surface area contributed by atoms with E-state index in [9.17, 15) is 27.9 Å². The maximum atomic E-state index is 13.5. The summed E-state index contributed by atoms with van der Waals surface area (Å²) in [6.45, 7) is 3.10. The van der Waals surface area contributed by atoms with Crippen molar-refractivity contribution in [1.82, 2.24) is 25.3 Å². The van der Waals surface area contributed by atoms with E-state index in [4.69, 9.17) is 10.6 Å². The molecule has 5 aromatic rings. The van der Waals surface area contributed by atoms with Crippen molar-refractivity contribution in [3.05, 3.63) is 121 Å². The van der Waals surface area contributed by atoms with Crippen LogP contribution in [0.5, 0.6) is 11.6 Å². The molecule has 0 fully saturated rings. The Morgan fingerprint density at radius 2 is 1.54 bits per heavy atom. The maximum absolute atomic E-state index is 13.5. The molecule has 3 aromatic carbocycles. The highest BCUT2D eigenvalue weighted by Crippen LogP contribution is 2.29. The summed E-state index contributed by atoms with van der Waals surface area (Å²) in [5.41, 5.74) is 4.89. The van der Waals surface area contributed by atoms with Gasteiger partial charge < -0.3 is 25.9 Å². The van der Waals surface area contributed by atoms with Gasteiger partial charge in [0.2, 0.25) is 17.7 Å². The average molecular weight is 752 g/mol. The molecule has 14 nitrogen and oxygen atoms in total. The van der Waals surface area contributed by atoms with Crippen LogP contribution in [0.1, 0.15) is 32.3 Å². The number of aromatic hydroxyl groups is 1. The summed E-state index contributed by atoms with van der Waals surface area (Å²) in [4.78, 5) is 48.2. The van der Waals surface area contributed by atoms with Crippen LogP contribution >= 0.6 is 0 Å². The van der Waals surface area contributed by atoms with E-state index in [0.29, 0.717) is 17.9 Å². The zero-order valence-corrected chi connectivity index (χ0v) is 30.5. The predicted octanol–water partition coefficient (Wildman–Crippen LogP) is 4.09. The van der Waals surface area contributed by atoms with Crippen molar-refractivity contribution in [1.29, 1.82) is 0 Å². The molecule has 0 spiro atoms. The zero-order valence-electron chi connectivity index (χ0n) is 29.7. The fraction of sp³-hybridized carbons (Fsp3) is 0.205. The second kappa shape index (κ2) is 17.5. The van der Waals surface area contributed by atoms with Crippen LogP contribution in [-0.4, -0.2) is 59.4 Å². The molecule has 0 radical (unpaired) electrons. The molecule has 0 aliphatic rings. The molecule has 7 N–H and O–H groups in total. The summed E-state index contributed by atoms with van der Waals surface area (Å²) >= 11 is 0. The minimum absolute atomic E-state index is 0.0163. The Kier molecular flexibility index (Phi) is 12.6. The van der Waals surface area contributed by atoms with E-state index >= 15 is 0 Å². The fourth-order valence-corrected chi connectivity index (χ4v) is 6.28. The third-order valence-corrected chi connectivity index (χ3v) is 9.56. The number of phenols is 1. The van der Waals surface area contributed by atoms with E-state index < -0.39 is 39.3 Å². The molecular weight excluding hydrogens is 711 g/mol. The molecule has 2 heterocycles. The molecule has 3 amide bonds. The Balaban J connectivity index is 1.20. The van der Waals surface area contributed by atoms with Crippen LogP contribution in [0.15, 0.2) is 120 Å². The first-order chi connectivity index (χ1) is 25.8. The summed E-state index contributed by atoms with van der Waals surface area (Å²) in [5, 5.41) is 15.0. The molecule has 0 bridgehead atoms. The van der Waals surface area contributed by atoms with Gasteiger partial charge in [0.05, 0.1) is 12.3 Å². The van der Waals surface area contributed by atoms with Crippen molar-refractivity contribution < 1.29 is 32.6 Å². The van der Waals surface area contributed by atoms with Crippen molar-refractivity contribution >= 4 is 33.6 Å². The quantitative estimate of drug-likeness (QED) is 0.0480. The molecule has 5 rings (SSSR count). The van der Waals surface area contributed by atoms with Crippen molar-refractivity contribution in [2.24, 2.45) is 5.84 Å². The van der Waals surface area contributed by atoms with Crippen LogP contribution < -0.4 is 31.4 Å². The topological polar surface area (TPSA) is 215 Å².